The Bertz CT molecular complexity index is 527. The van der Waals surface area contributed by atoms with Gasteiger partial charge in [-0.3, -0.25) is 9.58 Å². The van der Waals surface area contributed by atoms with Gasteiger partial charge >= 0.3 is 0 Å². The number of hydrogen-bond acceptors (Lipinski definition) is 5. The Labute approximate surface area is 117 Å². The third-order valence-electron chi connectivity index (χ3n) is 3.35. The number of nitrogens with zero attached hydrogens (tertiary/aromatic N) is 5. The predicted molar refractivity (Wildman–Crippen MR) is 75.7 cm³/mol. The maximum Gasteiger partial charge on any atom is 0.115 e. The fraction of sp³-hybridized carbons (Fsp3) is 0.462. The lowest BCUT2D eigenvalue weighted by atomic mass is 10.1. The van der Waals surface area contributed by atoms with Crippen LogP contribution >= 0.6 is 11.8 Å². The fourth-order valence-electron chi connectivity index (χ4n) is 2.39. The molecule has 6 heteroatoms. The van der Waals surface area contributed by atoms with Crippen molar-refractivity contribution in [1.29, 1.82) is 0 Å². The summed E-state index contributed by atoms with van der Waals surface area (Å²) in [5.74, 6) is 2.31. The Hall–Kier alpha value is -1.40. The normalized spacial score (nSPS) is 20.6. The van der Waals surface area contributed by atoms with E-state index in [1.165, 1.54) is 16.9 Å². The number of aromatic nitrogens is 4. The van der Waals surface area contributed by atoms with Crippen LogP contribution in [0.5, 0.6) is 0 Å². The maximum atomic E-state index is 4.29. The van der Waals surface area contributed by atoms with Crippen LogP contribution in [0.25, 0.3) is 0 Å². The first-order valence-electron chi connectivity index (χ1n) is 6.37. The summed E-state index contributed by atoms with van der Waals surface area (Å²) >= 11 is 2.01. The van der Waals surface area contributed by atoms with Gasteiger partial charge in [0.2, 0.25) is 0 Å². The second-order valence-corrected chi connectivity index (χ2v) is 5.91. The van der Waals surface area contributed by atoms with Crippen molar-refractivity contribution < 1.29 is 0 Å². The average molecular weight is 275 g/mol. The summed E-state index contributed by atoms with van der Waals surface area (Å²) in [5.41, 5.74) is 2.47. The van der Waals surface area contributed by atoms with E-state index in [4.69, 9.17) is 0 Å². The van der Waals surface area contributed by atoms with Crippen LogP contribution in [0.15, 0.2) is 31.1 Å². The zero-order valence-corrected chi connectivity index (χ0v) is 11.8. The highest BCUT2D eigenvalue weighted by Gasteiger charge is 2.25. The Kier molecular flexibility index (Phi) is 3.79. The zero-order valence-electron chi connectivity index (χ0n) is 10.9. The lowest BCUT2D eigenvalue weighted by Crippen LogP contribution is -2.35. The van der Waals surface area contributed by atoms with Gasteiger partial charge in [0, 0.05) is 67.4 Å². The van der Waals surface area contributed by atoms with Gasteiger partial charge < -0.3 is 0 Å². The summed E-state index contributed by atoms with van der Waals surface area (Å²) in [7, 11) is 1.97. The molecule has 0 spiro atoms. The molecule has 1 unspecified atom stereocenters. The van der Waals surface area contributed by atoms with Crippen molar-refractivity contribution in [3.63, 3.8) is 0 Å². The molecule has 3 heterocycles. The molecule has 19 heavy (non-hydrogen) atoms. The smallest absolute Gasteiger partial charge is 0.115 e. The van der Waals surface area contributed by atoms with Crippen molar-refractivity contribution in [2.45, 2.75) is 12.6 Å². The van der Waals surface area contributed by atoms with Crippen LogP contribution in [0.3, 0.4) is 0 Å². The molecule has 2 aromatic heterocycles. The Balaban J connectivity index is 1.77. The van der Waals surface area contributed by atoms with Crippen molar-refractivity contribution in [2.75, 3.05) is 18.1 Å². The Morgan fingerprint density at radius 1 is 1.32 bits per heavy atom. The van der Waals surface area contributed by atoms with Crippen molar-refractivity contribution in [3.05, 3.63) is 42.2 Å². The monoisotopic (exact) mass is 275 g/mol. The van der Waals surface area contributed by atoms with E-state index in [0.29, 0.717) is 6.04 Å². The molecule has 2 aromatic rings. The zero-order chi connectivity index (χ0) is 13.1. The van der Waals surface area contributed by atoms with E-state index >= 15 is 0 Å². The standard InChI is InChI=1S/C13H17N5S/c1-17-8-12(6-16-17)13-9-19-3-2-18(13)7-11-4-14-10-15-5-11/h4-6,8,10,13H,2-3,7,9H2,1H3. The molecule has 0 aromatic carbocycles. The summed E-state index contributed by atoms with van der Waals surface area (Å²) in [4.78, 5) is 10.7. The summed E-state index contributed by atoms with van der Waals surface area (Å²) in [6.07, 6.45) is 9.47. The van der Waals surface area contributed by atoms with Crippen molar-refractivity contribution in [2.24, 2.45) is 7.05 Å². The van der Waals surface area contributed by atoms with E-state index in [-0.39, 0.29) is 0 Å². The van der Waals surface area contributed by atoms with Gasteiger partial charge in [-0.25, -0.2) is 9.97 Å². The Morgan fingerprint density at radius 3 is 2.89 bits per heavy atom. The van der Waals surface area contributed by atoms with E-state index in [1.807, 2.05) is 42.1 Å². The minimum Gasteiger partial charge on any atom is -0.290 e. The van der Waals surface area contributed by atoms with Gasteiger partial charge in [0.1, 0.15) is 6.33 Å². The molecule has 0 saturated carbocycles. The van der Waals surface area contributed by atoms with Gasteiger partial charge in [-0.2, -0.15) is 16.9 Å². The van der Waals surface area contributed by atoms with E-state index in [1.54, 1.807) is 6.33 Å². The number of aryl methyl sites for hydroxylation is 1. The van der Waals surface area contributed by atoms with Crippen LogP contribution < -0.4 is 0 Å². The fourth-order valence-corrected chi connectivity index (χ4v) is 3.55. The van der Waals surface area contributed by atoms with E-state index in [9.17, 15) is 0 Å². The molecule has 1 atom stereocenters. The molecule has 1 aliphatic heterocycles. The van der Waals surface area contributed by atoms with Gasteiger partial charge in [-0.05, 0) is 0 Å². The van der Waals surface area contributed by atoms with Crippen LogP contribution in [-0.2, 0) is 13.6 Å². The molecule has 100 valence electrons. The van der Waals surface area contributed by atoms with Gasteiger partial charge in [-0.1, -0.05) is 0 Å². The molecule has 1 saturated heterocycles. The minimum atomic E-state index is 0.438. The molecule has 0 aliphatic carbocycles. The lowest BCUT2D eigenvalue weighted by molar-refractivity contribution is 0.211. The number of rotatable bonds is 3. The third-order valence-corrected chi connectivity index (χ3v) is 4.37. The van der Waals surface area contributed by atoms with E-state index < -0.39 is 0 Å². The Morgan fingerprint density at radius 2 is 2.16 bits per heavy atom. The maximum absolute atomic E-state index is 4.29. The van der Waals surface area contributed by atoms with Crippen molar-refractivity contribution >= 4 is 11.8 Å². The molecular formula is C13H17N5S. The second-order valence-electron chi connectivity index (χ2n) is 4.76. The third kappa shape index (κ3) is 2.96. The number of hydrogen-bond donors (Lipinski definition) is 0. The molecule has 0 N–H and O–H groups in total. The second kappa shape index (κ2) is 5.71. The highest BCUT2D eigenvalue weighted by Crippen LogP contribution is 2.30. The molecule has 0 bridgehead atoms. The van der Waals surface area contributed by atoms with Gasteiger partial charge in [-0.15, -0.1) is 0 Å². The molecule has 0 radical (unpaired) electrons. The largest absolute Gasteiger partial charge is 0.290 e. The van der Waals surface area contributed by atoms with Crippen molar-refractivity contribution in [1.82, 2.24) is 24.6 Å². The summed E-state index contributed by atoms with van der Waals surface area (Å²) in [5, 5.41) is 4.29. The van der Waals surface area contributed by atoms with Crippen LogP contribution in [0.4, 0.5) is 0 Å². The average Bonchev–Trinajstić information content (AvgIpc) is 2.87. The molecule has 5 nitrogen and oxygen atoms in total. The van der Waals surface area contributed by atoms with Gasteiger partial charge in [0.15, 0.2) is 0 Å². The quantitative estimate of drug-likeness (QED) is 0.849. The first kappa shape index (κ1) is 12.6. The summed E-state index contributed by atoms with van der Waals surface area (Å²) in [6.45, 7) is 2.00. The van der Waals surface area contributed by atoms with Gasteiger partial charge in [0.25, 0.3) is 0 Å². The molecule has 0 amide bonds. The van der Waals surface area contributed by atoms with Crippen LogP contribution in [0.1, 0.15) is 17.2 Å². The van der Waals surface area contributed by atoms with Crippen molar-refractivity contribution in [3.8, 4) is 0 Å². The minimum absolute atomic E-state index is 0.438. The van der Waals surface area contributed by atoms with E-state index in [0.717, 1.165) is 18.8 Å². The first-order valence-corrected chi connectivity index (χ1v) is 7.52. The highest BCUT2D eigenvalue weighted by molar-refractivity contribution is 7.99. The summed E-state index contributed by atoms with van der Waals surface area (Å²) in [6, 6.07) is 0.438. The topological polar surface area (TPSA) is 46.8 Å². The van der Waals surface area contributed by atoms with E-state index in [2.05, 4.69) is 26.2 Å². The molecule has 1 fully saturated rings. The van der Waals surface area contributed by atoms with Crippen LogP contribution in [0.2, 0.25) is 0 Å². The molecular weight excluding hydrogens is 258 g/mol. The SMILES string of the molecule is Cn1cc(C2CSCCN2Cc2cncnc2)cn1. The lowest BCUT2D eigenvalue weighted by Gasteiger charge is -2.34. The van der Waals surface area contributed by atoms with Gasteiger partial charge in [0.05, 0.1) is 6.20 Å². The highest BCUT2D eigenvalue weighted by atomic mass is 32.2. The van der Waals surface area contributed by atoms with Crippen LogP contribution in [-0.4, -0.2) is 42.7 Å². The molecule has 1 aliphatic rings. The van der Waals surface area contributed by atoms with Crippen LogP contribution in [0, 0.1) is 0 Å². The first-order chi connectivity index (χ1) is 9.33. The number of thioether (sulfide) groups is 1. The molecule has 3 rings (SSSR count). The predicted octanol–water partition coefficient (Wildman–Crippen LogP) is 1.50. The summed E-state index contributed by atoms with van der Waals surface area (Å²) < 4.78 is 1.87.